The van der Waals surface area contributed by atoms with E-state index in [4.69, 9.17) is 22.7 Å². The third-order valence-electron chi connectivity index (χ3n) is 3.30. The van der Waals surface area contributed by atoms with Gasteiger partial charge in [0.05, 0.1) is 5.25 Å². The number of thiocarbonyl (C=S) groups is 1. The Kier molecular flexibility index (Phi) is 5.09. The van der Waals surface area contributed by atoms with Crippen molar-refractivity contribution in [3.05, 3.63) is 35.4 Å². The Morgan fingerprint density at radius 3 is 2.75 bits per heavy atom. The van der Waals surface area contributed by atoms with Gasteiger partial charge < -0.3 is 10.5 Å². The molecule has 0 atom stereocenters. The van der Waals surface area contributed by atoms with Crippen molar-refractivity contribution in [3.8, 4) is 0 Å². The number of nitrogens with two attached hydrogens (primary N) is 1. The van der Waals surface area contributed by atoms with E-state index < -0.39 is 10.0 Å². The molecule has 1 aromatic carbocycles. The molecule has 0 spiro atoms. The molecule has 5 nitrogen and oxygen atoms in total. The van der Waals surface area contributed by atoms with Crippen molar-refractivity contribution in [2.45, 2.75) is 24.6 Å². The van der Waals surface area contributed by atoms with Gasteiger partial charge in [0.15, 0.2) is 0 Å². The summed E-state index contributed by atoms with van der Waals surface area (Å²) >= 11 is 4.91. The zero-order chi connectivity index (χ0) is 14.6. The summed E-state index contributed by atoms with van der Waals surface area (Å²) in [6.45, 7) is 1.25. The van der Waals surface area contributed by atoms with Crippen molar-refractivity contribution >= 4 is 27.2 Å². The van der Waals surface area contributed by atoms with Crippen LogP contribution in [0.15, 0.2) is 24.3 Å². The lowest BCUT2D eigenvalue weighted by Crippen LogP contribution is -2.37. The molecular formula is C13H18N2O3S2. The summed E-state index contributed by atoms with van der Waals surface area (Å²) in [6, 6.07) is 7.26. The number of ether oxygens (including phenoxy) is 1. The predicted octanol–water partition coefficient (Wildman–Crippen LogP) is 0.919. The zero-order valence-corrected chi connectivity index (χ0v) is 12.7. The summed E-state index contributed by atoms with van der Waals surface area (Å²) < 4.78 is 32.1. The first-order valence-corrected chi connectivity index (χ1v) is 8.39. The van der Waals surface area contributed by atoms with Gasteiger partial charge in [0.1, 0.15) is 4.99 Å². The summed E-state index contributed by atoms with van der Waals surface area (Å²) in [6.07, 6.45) is 1.09. The number of sulfonamides is 1. The quantitative estimate of drug-likeness (QED) is 0.790. The van der Waals surface area contributed by atoms with Crippen LogP contribution in [0.4, 0.5) is 0 Å². The van der Waals surface area contributed by atoms with Crippen LogP contribution in [-0.2, 0) is 21.3 Å². The number of hydrogen-bond acceptors (Lipinski definition) is 4. The second-order valence-corrected chi connectivity index (χ2v) is 7.23. The van der Waals surface area contributed by atoms with E-state index in [0.29, 0.717) is 31.0 Å². The number of nitrogens with one attached hydrogen (secondary N) is 1. The molecule has 0 unspecified atom stereocenters. The Hall–Kier alpha value is -1.02. The molecule has 1 heterocycles. The molecule has 0 bridgehead atoms. The second-order valence-electron chi connectivity index (χ2n) is 4.74. The first kappa shape index (κ1) is 15.4. The predicted molar refractivity (Wildman–Crippen MR) is 81.9 cm³/mol. The third kappa shape index (κ3) is 3.99. The minimum Gasteiger partial charge on any atom is -0.389 e. The van der Waals surface area contributed by atoms with E-state index in [1.165, 1.54) is 0 Å². The van der Waals surface area contributed by atoms with Crippen LogP contribution in [0.25, 0.3) is 0 Å². The van der Waals surface area contributed by atoms with E-state index in [9.17, 15) is 8.42 Å². The van der Waals surface area contributed by atoms with Crippen molar-refractivity contribution in [3.63, 3.8) is 0 Å². The van der Waals surface area contributed by atoms with E-state index in [0.717, 1.165) is 11.1 Å². The standard InChI is InChI=1S/C13H18N2O3S2/c14-13(19)11-3-1-2-10(8-11)9-15-20(16,17)12-4-6-18-7-5-12/h1-3,8,12,15H,4-7,9H2,(H2,14,19). The third-order valence-corrected chi connectivity index (χ3v) is 5.43. The highest BCUT2D eigenvalue weighted by Gasteiger charge is 2.27. The average molecular weight is 314 g/mol. The smallest absolute Gasteiger partial charge is 0.214 e. The van der Waals surface area contributed by atoms with Gasteiger partial charge in [-0.3, -0.25) is 0 Å². The molecule has 0 saturated carbocycles. The van der Waals surface area contributed by atoms with Crippen LogP contribution in [0.3, 0.4) is 0 Å². The average Bonchev–Trinajstić information content (AvgIpc) is 2.46. The summed E-state index contributed by atoms with van der Waals surface area (Å²) in [5.74, 6) is 0. The Morgan fingerprint density at radius 2 is 2.10 bits per heavy atom. The van der Waals surface area contributed by atoms with Crippen molar-refractivity contribution in [2.24, 2.45) is 5.73 Å². The molecule has 1 aromatic rings. The second kappa shape index (κ2) is 6.62. The highest BCUT2D eigenvalue weighted by Crippen LogP contribution is 2.15. The van der Waals surface area contributed by atoms with E-state index in [1.807, 2.05) is 12.1 Å². The molecule has 0 amide bonds. The Labute approximate surface area is 124 Å². The Morgan fingerprint density at radius 1 is 1.40 bits per heavy atom. The van der Waals surface area contributed by atoms with Gasteiger partial charge in [-0.05, 0) is 24.5 Å². The normalized spacial score (nSPS) is 17.0. The maximum Gasteiger partial charge on any atom is 0.214 e. The van der Waals surface area contributed by atoms with Gasteiger partial charge in [-0.25, -0.2) is 13.1 Å². The van der Waals surface area contributed by atoms with E-state index in [1.54, 1.807) is 12.1 Å². The Balaban J connectivity index is 2.00. The topological polar surface area (TPSA) is 81.4 Å². The van der Waals surface area contributed by atoms with Crippen LogP contribution in [0.1, 0.15) is 24.0 Å². The lowest BCUT2D eigenvalue weighted by atomic mass is 10.1. The van der Waals surface area contributed by atoms with Crippen LogP contribution in [-0.4, -0.2) is 31.9 Å². The molecule has 1 saturated heterocycles. The van der Waals surface area contributed by atoms with Crippen LogP contribution in [0.2, 0.25) is 0 Å². The van der Waals surface area contributed by atoms with Crippen LogP contribution in [0.5, 0.6) is 0 Å². The molecule has 2 rings (SSSR count). The molecule has 1 aliphatic heterocycles. The van der Waals surface area contributed by atoms with Gasteiger partial charge in [-0.1, -0.05) is 30.4 Å². The molecular weight excluding hydrogens is 296 g/mol. The fourth-order valence-corrected chi connectivity index (χ4v) is 3.67. The monoisotopic (exact) mass is 314 g/mol. The molecule has 0 aliphatic carbocycles. The lowest BCUT2D eigenvalue weighted by molar-refractivity contribution is 0.0981. The molecule has 1 fully saturated rings. The molecule has 110 valence electrons. The van der Waals surface area contributed by atoms with Gasteiger partial charge in [0.2, 0.25) is 10.0 Å². The van der Waals surface area contributed by atoms with Crippen LogP contribution < -0.4 is 10.5 Å². The molecule has 0 radical (unpaired) electrons. The summed E-state index contributed by atoms with van der Waals surface area (Å²) in [5.41, 5.74) is 7.14. The van der Waals surface area contributed by atoms with Crippen molar-refractivity contribution in [1.29, 1.82) is 0 Å². The molecule has 1 aliphatic rings. The van der Waals surface area contributed by atoms with Gasteiger partial charge in [0, 0.05) is 25.3 Å². The highest BCUT2D eigenvalue weighted by molar-refractivity contribution is 7.90. The first-order valence-electron chi connectivity index (χ1n) is 6.44. The number of rotatable bonds is 5. The summed E-state index contributed by atoms with van der Waals surface area (Å²) in [4.78, 5) is 0.305. The first-order chi connectivity index (χ1) is 9.49. The highest BCUT2D eigenvalue weighted by atomic mass is 32.2. The Bertz CT molecular complexity index is 581. The fraction of sp³-hybridized carbons (Fsp3) is 0.462. The molecule has 7 heteroatoms. The minimum atomic E-state index is -3.31. The van der Waals surface area contributed by atoms with E-state index in [-0.39, 0.29) is 11.8 Å². The molecule has 0 aromatic heterocycles. The molecule has 3 N–H and O–H groups in total. The van der Waals surface area contributed by atoms with Gasteiger partial charge in [0.25, 0.3) is 0 Å². The minimum absolute atomic E-state index is 0.246. The van der Waals surface area contributed by atoms with Gasteiger partial charge in [-0.2, -0.15) is 0 Å². The van der Waals surface area contributed by atoms with Crippen molar-refractivity contribution in [1.82, 2.24) is 4.72 Å². The fourth-order valence-electron chi connectivity index (χ4n) is 2.12. The van der Waals surface area contributed by atoms with Crippen molar-refractivity contribution < 1.29 is 13.2 Å². The SMILES string of the molecule is NC(=S)c1cccc(CNS(=O)(=O)C2CCOCC2)c1. The van der Waals surface area contributed by atoms with Crippen LogP contribution >= 0.6 is 12.2 Å². The van der Waals surface area contributed by atoms with Crippen molar-refractivity contribution in [2.75, 3.05) is 13.2 Å². The van der Waals surface area contributed by atoms with E-state index in [2.05, 4.69) is 4.72 Å². The number of benzene rings is 1. The maximum atomic E-state index is 12.2. The lowest BCUT2D eigenvalue weighted by Gasteiger charge is -2.22. The van der Waals surface area contributed by atoms with Crippen LogP contribution in [0, 0.1) is 0 Å². The molecule has 20 heavy (non-hydrogen) atoms. The van der Waals surface area contributed by atoms with Gasteiger partial charge in [-0.15, -0.1) is 0 Å². The summed E-state index contributed by atoms with van der Waals surface area (Å²) in [7, 11) is -3.31. The van der Waals surface area contributed by atoms with Gasteiger partial charge >= 0.3 is 0 Å². The zero-order valence-electron chi connectivity index (χ0n) is 11.0. The number of hydrogen-bond donors (Lipinski definition) is 2. The summed E-state index contributed by atoms with van der Waals surface area (Å²) in [5, 5.41) is -0.366. The van der Waals surface area contributed by atoms with E-state index >= 15 is 0 Å². The largest absolute Gasteiger partial charge is 0.389 e. The maximum absolute atomic E-state index is 12.2.